The maximum Gasteiger partial charge on any atom is 0.335 e. The van der Waals surface area contributed by atoms with Gasteiger partial charge in [-0.1, -0.05) is 102 Å². The standard InChI is InChI=1S/C38H40N2O6/c1-37(2,3)33(41)31-25(13-7-23-9-15-27(16-10-23)35(43)44)19-21-29(39-31)30-22-20-26(32(40-30)34(42)38(4,5)6)14-8-24-11-17-28(18-12-24)36(45)46/h7-22,33-34,41-42H,1-6H3,(H,43,44)(H,45,46)/b13-7+,14-8+/t33-,34-/m1/s1. The van der Waals surface area contributed by atoms with Gasteiger partial charge in [0.15, 0.2) is 0 Å². The smallest absolute Gasteiger partial charge is 0.335 e. The first-order valence-electron chi connectivity index (χ1n) is 15.0. The third-order valence-corrected chi connectivity index (χ3v) is 7.56. The lowest BCUT2D eigenvalue weighted by Crippen LogP contribution is -2.21. The van der Waals surface area contributed by atoms with Crippen molar-refractivity contribution < 1.29 is 30.0 Å². The molecule has 0 radical (unpaired) electrons. The Kier molecular flexibility index (Phi) is 10.0. The molecular formula is C38H40N2O6. The summed E-state index contributed by atoms with van der Waals surface area (Å²) in [5, 5.41) is 41.1. The van der Waals surface area contributed by atoms with E-state index in [9.17, 15) is 30.0 Å². The van der Waals surface area contributed by atoms with E-state index in [1.807, 2.05) is 90.1 Å². The number of nitrogens with zero attached hydrogens (tertiary/aromatic N) is 2. The van der Waals surface area contributed by atoms with E-state index in [0.717, 1.165) is 11.1 Å². The van der Waals surface area contributed by atoms with Crippen molar-refractivity contribution >= 4 is 36.2 Å². The molecule has 0 fully saturated rings. The summed E-state index contributed by atoms with van der Waals surface area (Å²) in [6, 6.07) is 20.4. The van der Waals surface area contributed by atoms with Gasteiger partial charge in [0.1, 0.15) is 12.2 Å². The number of benzene rings is 2. The van der Waals surface area contributed by atoms with E-state index in [-0.39, 0.29) is 11.1 Å². The number of hydrogen-bond donors (Lipinski definition) is 4. The molecule has 2 heterocycles. The van der Waals surface area contributed by atoms with E-state index in [0.29, 0.717) is 33.9 Å². The minimum absolute atomic E-state index is 0.200. The van der Waals surface area contributed by atoms with Crippen molar-refractivity contribution in [3.8, 4) is 11.4 Å². The van der Waals surface area contributed by atoms with Crippen LogP contribution in [0.25, 0.3) is 35.7 Å². The van der Waals surface area contributed by atoms with Crippen LogP contribution in [-0.2, 0) is 0 Å². The zero-order chi connectivity index (χ0) is 33.8. The molecule has 0 saturated carbocycles. The Morgan fingerprint density at radius 2 is 0.870 bits per heavy atom. The van der Waals surface area contributed by atoms with Crippen LogP contribution in [0.5, 0.6) is 0 Å². The van der Waals surface area contributed by atoms with Gasteiger partial charge in [0, 0.05) is 0 Å². The van der Waals surface area contributed by atoms with Crippen LogP contribution in [0.3, 0.4) is 0 Å². The molecule has 0 bridgehead atoms. The van der Waals surface area contributed by atoms with Crippen LogP contribution in [0.15, 0.2) is 72.8 Å². The first-order chi connectivity index (χ1) is 21.5. The second-order valence-electron chi connectivity index (χ2n) is 13.4. The molecule has 46 heavy (non-hydrogen) atoms. The maximum atomic E-state index is 11.4. The Morgan fingerprint density at radius 3 is 1.15 bits per heavy atom. The van der Waals surface area contributed by atoms with Gasteiger partial charge in [-0.3, -0.25) is 0 Å². The first-order valence-corrected chi connectivity index (χ1v) is 15.0. The molecule has 238 valence electrons. The lowest BCUT2D eigenvalue weighted by Gasteiger charge is -2.28. The van der Waals surface area contributed by atoms with Crippen molar-refractivity contribution in [3.63, 3.8) is 0 Å². The fourth-order valence-corrected chi connectivity index (χ4v) is 4.64. The number of aliphatic hydroxyl groups excluding tert-OH is 2. The summed E-state index contributed by atoms with van der Waals surface area (Å²) < 4.78 is 0. The van der Waals surface area contributed by atoms with Gasteiger partial charge in [-0.15, -0.1) is 0 Å². The van der Waals surface area contributed by atoms with Crippen molar-refractivity contribution in [3.05, 3.63) is 118 Å². The van der Waals surface area contributed by atoms with E-state index in [1.54, 1.807) is 24.3 Å². The van der Waals surface area contributed by atoms with Crippen molar-refractivity contribution in [2.24, 2.45) is 10.8 Å². The molecule has 0 amide bonds. The fourth-order valence-electron chi connectivity index (χ4n) is 4.64. The third kappa shape index (κ3) is 8.21. The number of rotatable bonds is 9. The first kappa shape index (κ1) is 34.0. The van der Waals surface area contributed by atoms with E-state index < -0.39 is 35.0 Å². The molecule has 8 heteroatoms. The Hall–Kier alpha value is -4.92. The van der Waals surface area contributed by atoms with Crippen LogP contribution in [0.1, 0.15) is 108 Å². The average Bonchev–Trinajstić information content (AvgIpc) is 3.01. The second kappa shape index (κ2) is 13.6. The summed E-state index contributed by atoms with van der Waals surface area (Å²) in [4.78, 5) is 32.2. The summed E-state index contributed by atoms with van der Waals surface area (Å²) in [6.07, 6.45) is 5.55. The number of aromatic nitrogens is 2. The number of carboxylic acids is 2. The number of pyridine rings is 2. The summed E-state index contributed by atoms with van der Waals surface area (Å²) in [7, 11) is 0. The largest absolute Gasteiger partial charge is 0.478 e. The molecular weight excluding hydrogens is 580 g/mol. The Labute approximate surface area is 269 Å². The highest BCUT2D eigenvalue weighted by molar-refractivity contribution is 5.88. The summed E-state index contributed by atoms with van der Waals surface area (Å²) in [5.41, 5.74) is 4.38. The second-order valence-corrected chi connectivity index (χ2v) is 13.4. The molecule has 4 rings (SSSR count). The molecule has 0 saturated heterocycles. The van der Waals surface area contributed by atoms with E-state index in [1.165, 1.54) is 24.3 Å². The Bertz CT molecular complexity index is 1640. The van der Waals surface area contributed by atoms with Crippen molar-refractivity contribution in [1.29, 1.82) is 0 Å². The van der Waals surface area contributed by atoms with Gasteiger partial charge in [0.2, 0.25) is 0 Å². The summed E-state index contributed by atoms with van der Waals surface area (Å²) in [6.45, 7) is 11.6. The molecule has 0 aliphatic heterocycles. The van der Waals surface area contributed by atoms with Gasteiger partial charge in [-0.05, 0) is 69.5 Å². The highest BCUT2D eigenvalue weighted by Crippen LogP contribution is 2.37. The molecule has 0 aliphatic carbocycles. The minimum Gasteiger partial charge on any atom is -0.478 e. The molecule has 4 aromatic rings. The molecule has 2 aromatic carbocycles. The SMILES string of the molecule is CC(C)(C)[C@H](O)c1nc(-c2ccc(/C=C/c3ccc(C(=O)O)cc3)c([C@@H](O)C(C)(C)C)n2)ccc1/C=C/c1ccc(C(=O)O)cc1. The molecule has 2 aromatic heterocycles. The molecule has 8 nitrogen and oxygen atoms in total. The fraction of sp³-hybridized carbons (Fsp3) is 0.263. The highest BCUT2D eigenvalue weighted by Gasteiger charge is 2.29. The monoisotopic (exact) mass is 620 g/mol. The van der Waals surface area contributed by atoms with Crippen LogP contribution in [0, 0.1) is 10.8 Å². The zero-order valence-corrected chi connectivity index (χ0v) is 26.9. The number of hydrogen-bond acceptors (Lipinski definition) is 6. The molecule has 0 aliphatic rings. The Morgan fingerprint density at radius 1 is 0.543 bits per heavy atom. The normalized spacial score (nSPS) is 13.7. The lowest BCUT2D eigenvalue weighted by molar-refractivity contribution is 0.0585. The number of aliphatic hydroxyl groups is 2. The van der Waals surface area contributed by atoms with Crippen molar-refractivity contribution in [2.45, 2.75) is 53.8 Å². The maximum absolute atomic E-state index is 11.4. The predicted molar refractivity (Wildman–Crippen MR) is 181 cm³/mol. The van der Waals surface area contributed by atoms with Gasteiger partial charge in [-0.25, -0.2) is 19.6 Å². The van der Waals surface area contributed by atoms with Crippen LogP contribution in [0.4, 0.5) is 0 Å². The zero-order valence-electron chi connectivity index (χ0n) is 26.9. The van der Waals surface area contributed by atoms with Gasteiger partial charge in [0.05, 0.1) is 33.9 Å². The van der Waals surface area contributed by atoms with Gasteiger partial charge in [-0.2, -0.15) is 0 Å². The van der Waals surface area contributed by atoms with Gasteiger partial charge >= 0.3 is 11.9 Å². The van der Waals surface area contributed by atoms with E-state index in [2.05, 4.69) is 0 Å². The summed E-state index contributed by atoms with van der Waals surface area (Å²) in [5.74, 6) is -1.98. The van der Waals surface area contributed by atoms with Crippen LogP contribution >= 0.6 is 0 Å². The Balaban J connectivity index is 1.75. The van der Waals surface area contributed by atoms with E-state index >= 15 is 0 Å². The van der Waals surface area contributed by atoms with Crippen LogP contribution < -0.4 is 0 Å². The average molecular weight is 621 g/mol. The number of aromatic carboxylic acids is 2. The van der Waals surface area contributed by atoms with E-state index in [4.69, 9.17) is 9.97 Å². The molecule has 0 unspecified atom stereocenters. The van der Waals surface area contributed by atoms with Crippen molar-refractivity contribution in [1.82, 2.24) is 9.97 Å². The summed E-state index contributed by atoms with van der Waals surface area (Å²) >= 11 is 0. The molecule has 0 spiro atoms. The predicted octanol–water partition coefficient (Wildman–Crippen LogP) is 8.04. The van der Waals surface area contributed by atoms with Crippen LogP contribution in [0.2, 0.25) is 0 Å². The molecule has 4 N–H and O–H groups in total. The highest BCUT2D eigenvalue weighted by atomic mass is 16.4. The number of carboxylic acid groups (broad SMARTS) is 2. The quantitative estimate of drug-likeness (QED) is 0.147. The van der Waals surface area contributed by atoms with Crippen LogP contribution in [-0.4, -0.2) is 42.3 Å². The van der Waals surface area contributed by atoms with Gasteiger partial charge in [0.25, 0.3) is 0 Å². The lowest BCUT2D eigenvalue weighted by atomic mass is 9.85. The number of carbonyl (C=O) groups is 2. The third-order valence-electron chi connectivity index (χ3n) is 7.56. The van der Waals surface area contributed by atoms with Crippen molar-refractivity contribution in [2.75, 3.05) is 0 Å². The topological polar surface area (TPSA) is 141 Å². The van der Waals surface area contributed by atoms with Gasteiger partial charge < -0.3 is 20.4 Å². The molecule has 2 atom stereocenters. The minimum atomic E-state index is -0.992.